The Bertz CT molecular complexity index is 479. The molecule has 0 aromatic carbocycles. The fourth-order valence-corrected chi connectivity index (χ4v) is 3.60. The molecular formula is C15H22N2O2S. The molecule has 1 unspecified atom stereocenters. The lowest BCUT2D eigenvalue weighted by Crippen LogP contribution is -2.38. The fourth-order valence-electron chi connectivity index (χ4n) is 2.42. The Morgan fingerprint density at radius 1 is 1.50 bits per heavy atom. The number of carbonyl (C=O) groups is 1. The highest BCUT2D eigenvalue weighted by Gasteiger charge is 2.21. The zero-order valence-corrected chi connectivity index (χ0v) is 12.9. The second-order valence-corrected chi connectivity index (χ2v) is 6.52. The van der Waals surface area contributed by atoms with Crippen molar-refractivity contribution in [3.8, 4) is 0 Å². The molecule has 0 spiro atoms. The van der Waals surface area contributed by atoms with Gasteiger partial charge in [0.2, 0.25) is 0 Å². The van der Waals surface area contributed by atoms with E-state index in [4.69, 9.17) is 0 Å². The molecule has 1 aromatic heterocycles. The number of rotatable bonds is 5. The van der Waals surface area contributed by atoms with E-state index in [1.165, 1.54) is 0 Å². The number of anilines is 1. The highest BCUT2D eigenvalue weighted by molar-refractivity contribution is 8.00. The minimum Gasteiger partial charge on any atom is -0.478 e. The van der Waals surface area contributed by atoms with Crippen molar-refractivity contribution < 1.29 is 9.90 Å². The van der Waals surface area contributed by atoms with Crippen molar-refractivity contribution in [1.29, 1.82) is 0 Å². The van der Waals surface area contributed by atoms with E-state index < -0.39 is 5.97 Å². The van der Waals surface area contributed by atoms with Crippen LogP contribution in [0.5, 0.6) is 0 Å². The van der Waals surface area contributed by atoms with Gasteiger partial charge in [0.05, 0.1) is 5.56 Å². The average molecular weight is 294 g/mol. The SMILES string of the molecule is CCCc1cc(C(=O)O)cc(N2CCSC(CC)C2)n1. The molecule has 1 saturated heterocycles. The van der Waals surface area contributed by atoms with Crippen LogP contribution in [0.4, 0.5) is 5.82 Å². The highest BCUT2D eigenvalue weighted by Crippen LogP contribution is 2.25. The van der Waals surface area contributed by atoms with Crippen LogP contribution in [0, 0.1) is 0 Å². The van der Waals surface area contributed by atoms with Crippen LogP contribution < -0.4 is 4.90 Å². The average Bonchev–Trinajstić information content (AvgIpc) is 2.47. The Labute approximate surface area is 124 Å². The zero-order valence-electron chi connectivity index (χ0n) is 12.1. The van der Waals surface area contributed by atoms with Gasteiger partial charge in [-0.2, -0.15) is 11.8 Å². The molecule has 0 saturated carbocycles. The van der Waals surface area contributed by atoms with Gasteiger partial charge in [-0.05, 0) is 25.0 Å². The first kappa shape index (κ1) is 15.2. The number of hydrogen-bond donors (Lipinski definition) is 1. The van der Waals surface area contributed by atoms with Gasteiger partial charge in [0, 0.05) is 29.8 Å². The summed E-state index contributed by atoms with van der Waals surface area (Å²) in [6.07, 6.45) is 2.94. The molecule has 0 bridgehead atoms. The van der Waals surface area contributed by atoms with E-state index in [0.717, 1.165) is 49.6 Å². The normalized spacial score (nSPS) is 19.1. The van der Waals surface area contributed by atoms with E-state index in [-0.39, 0.29) is 0 Å². The third-order valence-corrected chi connectivity index (χ3v) is 4.91. The van der Waals surface area contributed by atoms with E-state index >= 15 is 0 Å². The lowest BCUT2D eigenvalue weighted by atomic mass is 10.1. The Hall–Kier alpha value is -1.23. The summed E-state index contributed by atoms with van der Waals surface area (Å²) in [6.45, 7) is 6.19. The quantitative estimate of drug-likeness (QED) is 0.904. The number of carboxylic acids is 1. The molecule has 1 atom stereocenters. The molecule has 1 fully saturated rings. The number of carboxylic acid groups (broad SMARTS) is 1. The van der Waals surface area contributed by atoms with Crippen LogP contribution in [0.25, 0.3) is 0 Å². The first-order valence-corrected chi connectivity index (χ1v) is 8.29. The number of thioether (sulfide) groups is 1. The van der Waals surface area contributed by atoms with Crippen LogP contribution in [0.1, 0.15) is 42.7 Å². The lowest BCUT2D eigenvalue weighted by Gasteiger charge is -2.33. The van der Waals surface area contributed by atoms with E-state index in [1.54, 1.807) is 12.1 Å². The van der Waals surface area contributed by atoms with E-state index in [0.29, 0.717) is 10.8 Å². The third-order valence-electron chi connectivity index (χ3n) is 3.54. The predicted octanol–water partition coefficient (Wildman–Crippen LogP) is 3.06. The van der Waals surface area contributed by atoms with Gasteiger partial charge in [-0.3, -0.25) is 0 Å². The summed E-state index contributed by atoms with van der Waals surface area (Å²) in [5.41, 5.74) is 1.23. The topological polar surface area (TPSA) is 53.4 Å². The fraction of sp³-hybridized carbons (Fsp3) is 0.600. The summed E-state index contributed by atoms with van der Waals surface area (Å²) in [4.78, 5) is 18.1. The molecule has 0 amide bonds. The molecular weight excluding hydrogens is 272 g/mol. The summed E-state index contributed by atoms with van der Waals surface area (Å²) >= 11 is 2.00. The van der Waals surface area contributed by atoms with Crippen molar-refractivity contribution in [1.82, 2.24) is 4.98 Å². The van der Waals surface area contributed by atoms with E-state index in [1.807, 2.05) is 11.8 Å². The Morgan fingerprint density at radius 2 is 2.30 bits per heavy atom. The van der Waals surface area contributed by atoms with Crippen molar-refractivity contribution in [3.63, 3.8) is 0 Å². The number of aryl methyl sites for hydroxylation is 1. The minimum absolute atomic E-state index is 0.352. The monoisotopic (exact) mass is 294 g/mol. The van der Waals surface area contributed by atoms with Crippen LogP contribution in [0.2, 0.25) is 0 Å². The largest absolute Gasteiger partial charge is 0.478 e. The van der Waals surface area contributed by atoms with Gasteiger partial charge < -0.3 is 10.0 Å². The van der Waals surface area contributed by atoms with Gasteiger partial charge >= 0.3 is 5.97 Å². The molecule has 20 heavy (non-hydrogen) atoms. The maximum absolute atomic E-state index is 11.3. The molecule has 4 nitrogen and oxygen atoms in total. The maximum atomic E-state index is 11.3. The lowest BCUT2D eigenvalue weighted by molar-refractivity contribution is 0.0696. The van der Waals surface area contributed by atoms with Gasteiger partial charge in [0.1, 0.15) is 5.82 Å². The second-order valence-electron chi connectivity index (χ2n) is 5.11. The zero-order chi connectivity index (χ0) is 14.5. The van der Waals surface area contributed by atoms with Crippen LogP contribution in [0.15, 0.2) is 12.1 Å². The molecule has 1 N–H and O–H groups in total. The second kappa shape index (κ2) is 6.97. The number of nitrogens with zero attached hydrogens (tertiary/aromatic N) is 2. The van der Waals surface area contributed by atoms with Gasteiger partial charge in [-0.25, -0.2) is 9.78 Å². The molecule has 1 aromatic rings. The maximum Gasteiger partial charge on any atom is 0.335 e. The van der Waals surface area contributed by atoms with Crippen LogP contribution >= 0.6 is 11.8 Å². The predicted molar refractivity (Wildman–Crippen MR) is 83.9 cm³/mol. The molecule has 2 rings (SSSR count). The molecule has 5 heteroatoms. The van der Waals surface area contributed by atoms with E-state index in [9.17, 15) is 9.90 Å². The Balaban J connectivity index is 2.27. The van der Waals surface area contributed by atoms with Gasteiger partial charge in [-0.1, -0.05) is 20.3 Å². The molecule has 0 aliphatic carbocycles. The molecule has 0 radical (unpaired) electrons. The number of aromatic nitrogens is 1. The molecule has 1 aliphatic heterocycles. The summed E-state index contributed by atoms with van der Waals surface area (Å²) < 4.78 is 0. The van der Waals surface area contributed by atoms with E-state index in [2.05, 4.69) is 23.7 Å². The van der Waals surface area contributed by atoms with Crippen LogP contribution in [-0.4, -0.2) is 40.2 Å². The van der Waals surface area contributed by atoms with Crippen LogP contribution in [0.3, 0.4) is 0 Å². The Kier molecular flexibility index (Phi) is 5.29. The smallest absolute Gasteiger partial charge is 0.335 e. The van der Waals surface area contributed by atoms with Crippen molar-refractivity contribution in [2.75, 3.05) is 23.7 Å². The third kappa shape index (κ3) is 3.66. The highest BCUT2D eigenvalue weighted by atomic mass is 32.2. The number of pyridine rings is 1. The first-order valence-electron chi connectivity index (χ1n) is 7.24. The van der Waals surface area contributed by atoms with Crippen LogP contribution in [-0.2, 0) is 6.42 Å². The summed E-state index contributed by atoms with van der Waals surface area (Å²) in [7, 11) is 0. The van der Waals surface area contributed by atoms with Gasteiger partial charge in [-0.15, -0.1) is 0 Å². The molecule has 2 heterocycles. The summed E-state index contributed by atoms with van der Waals surface area (Å²) in [6, 6.07) is 3.41. The molecule has 110 valence electrons. The van der Waals surface area contributed by atoms with Crippen molar-refractivity contribution in [2.24, 2.45) is 0 Å². The minimum atomic E-state index is -0.871. The Morgan fingerprint density at radius 3 is 2.95 bits per heavy atom. The first-order chi connectivity index (χ1) is 9.63. The van der Waals surface area contributed by atoms with Crippen molar-refractivity contribution in [2.45, 2.75) is 38.4 Å². The number of aromatic carboxylic acids is 1. The number of hydrogen-bond acceptors (Lipinski definition) is 4. The summed E-state index contributed by atoms with van der Waals surface area (Å²) in [5.74, 6) is 1.04. The van der Waals surface area contributed by atoms with Gasteiger partial charge in [0.15, 0.2) is 0 Å². The van der Waals surface area contributed by atoms with Crippen molar-refractivity contribution >= 4 is 23.5 Å². The summed E-state index contributed by atoms with van der Waals surface area (Å²) in [5, 5.41) is 9.87. The van der Waals surface area contributed by atoms with Gasteiger partial charge in [0.25, 0.3) is 0 Å². The van der Waals surface area contributed by atoms with Crippen molar-refractivity contribution in [3.05, 3.63) is 23.4 Å². The molecule has 1 aliphatic rings. The standard InChI is InChI=1S/C15H22N2O2S/c1-3-5-12-8-11(15(18)19)9-14(16-12)17-6-7-20-13(4-2)10-17/h8-9,13H,3-7,10H2,1-2H3,(H,18,19).